The van der Waals surface area contributed by atoms with E-state index in [1.807, 2.05) is 56.3 Å². The molecule has 0 radical (unpaired) electrons. The average molecular weight is 503 g/mol. The normalized spacial score (nSPS) is 11.6. The molecule has 6 heteroatoms. The Kier molecular flexibility index (Phi) is 5.12. The van der Waals surface area contributed by atoms with Gasteiger partial charge in [-0.25, -0.2) is 4.98 Å². The molecule has 0 aliphatic rings. The first-order chi connectivity index (χ1) is 13.4. The summed E-state index contributed by atoms with van der Waals surface area (Å²) in [4.78, 5) is 9.07. The number of halogens is 2. The molecule has 0 saturated heterocycles. The molecule has 4 rings (SSSR count). The summed E-state index contributed by atoms with van der Waals surface area (Å²) in [5.74, 6) is 0.736. The number of aryl methyl sites for hydroxylation is 1. The predicted molar refractivity (Wildman–Crippen MR) is 122 cm³/mol. The standard InChI is InChI=1S/C22H16ClIN2O2/c1-12-8-19(27)17(13(2)21(12)23)11-25-16-6-7-20-18(10-16)26-22(28-20)14-4-3-5-15(24)9-14/h3-11,27H,1-2H3. The lowest BCUT2D eigenvalue weighted by Gasteiger charge is -2.08. The van der Waals surface area contributed by atoms with Gasteiger partial charge in [0.1, 0.15) is 11.3 Å². The quantitative estimate of drug-likeness (QED) is 0.247. The van der Waals surface area contributed by atoms with Gasteiger partial charge in [0.15, 0.2) is 5.58 Å². The molecular weight excluding hydrogens is 487 g/mol. The van der Waals surface area contributed by atoms with E-state index >= 15 is 0 Å². The number of benzene rings is 3. The van der Waals surface area contributed by atoms with E-state index in [1.54, 1.807) is 12.3 Å². The van der Waals surface area contributed by atoms with Crippen molar-refractivity contribution in [2.75, 3.05) is 0 Å². The van der Waals surface area contributed by atoms with Crippen molar-refractivity contribution in [3.63, 3.8) is 0 Å². The monoisotopic (exact) mass is 502 g/mol. The number of phenols is 1. The molecule has 0 saturated carbocycles. The third kappa shape index (κ3) is 3.64. The highest BCUT2D eigenvalue weighted by atomic mass is 127. The summed E-state index contributed by atoms with van der Waals surface area (Å²) in [6, 6.07) is 15.2. The van der Waals surface area contributed by atoms with Crippen molar-refractivity contribution in [3.8, 4) is 17.2 Å². The molecule has 3 aromatic carbocycles. The highest BCUT2D eigenvalue weighted by Crippen LogP contribution is 2.31. The van der Waals surface area contributed by atoms with Crippen LogP contribution in [0.5, 0.6) is 5.75 Å². The Balaban J connectivity index is 1.69. The van der Waals surface area contributed by atoms with Crippen molar-refractivity contribution in [3.05, 3.63) is 73.8 Å². The fraction of sp³-hybridized carbons (Fsp3) is 0.0909. The van der Waals surface area contributed by atoms with Crippen LogP contribution in [0.3, 0.4) is 0 Å². The largest absolute Gasteiger partial charge is 0.507 e. The summed E-state index contributed by atoms with van der Waals surface area (Å²) >= 11 is 8.55. The smallest absolute Gasteiger partial charge is 0.227 e. The van der Waals surface area contributed by atoms with Crippen LogP contribution in [0.15, 0.2) is 57.9 Å². The van der Waals surface area contributed by atoms with Crippen LogP contribution < -0.4 is 0 Å². The minimum atomic E-state index is 0.159. The molecular formula is C22H16ClIN2O2. The Morgan fingerprint density at radius 1 is 1.14 bits per heavy atom. The van der Waals surface area contributed by atoms with E-state index in [9.17, 15) is 5.11 Å². The number of aromatic nitrogens is 1. The van der Waals surface area contributed by atoms with Gasteiger partial charge in [0.05, 0.1) is 5.69 Å². The van der Waals surface area contributed by atoms with Gasteiger partial charge in [-0.1, -0.05) is 17.7 Å². The number of hydrogen-bond acceptors (Lipinski definition) is 4. The molecule has 0 fully saturated rings. The number of rotatable bonds is 3. The van der Waals surface area contributed by atoms with E-state index in [0.717, 1.165) is 25.8 Å². The van der Waals surface area contributed by atoms with Crippen molar-refractivity contribution in [2.45, 2.75) is 13.8 Å². The first-order valence-corrected chi connectivity index (χ1v) is 10.1. The molecule has 28 heavy (non-hydrogen) atoms. The van der Waals surface area contributed by atoms with Gasteiger partial charge in [0.25, 0.3) is 0 Å². The first kappa shape index (κ1) is 19.0. The number of hydrogen-bond donors (Lipinski definition) is 1. The summed E-state index contributed by atoms with van der Waals surface area (Å²) in [6.45, 7) is 3.73. The van der Waals surface area contributed by atoms with Gasteiger partial charge in [0, 0.05) is 25.9 Å². The molecule has 0 spiro atoms. The molecule has 0 atom stereocenters. The first-order valence-electron chi connectivity index (χ1n) is 8.61. The molecule has 140 valence electrons. The maximum Gasteiger partial charge on any atom is 0.227 e. The van der Waals surface area contributed by atoms with Gasteiger partial charge in [-0.05, 0) is 90.0 Å². The summed E-state index contributed by atoms with van der Waals surface area (Å²) < 4.78 is 6.99. The molecule has 1 heterocycles. The van der Waals surface area contributed by atoms with Crippen LogP contribution in [0, 0.1) is 17.4 Å². The van der Waals surface area contributed by atoms with Crippen LogP contribution in [0.2, 0.25) is 5.02 Å². The second-order valence-corrected chi connectivity index (χ2v) is 8.13. The van der Waals surface area contributed by atoms with Crippen molar-refractivity contribution in [1.29, 1.82) is 0 Å². The summed E-state index contributed by atoms with van der Waals surface area (Å²) in [6.07, 6.45) is 1.62. The number of aliphatic imine (C=N–C) groups is 1. The number of nitrogens with zero attached hydrogens (tertiary/aromatic N) is 2. The Morgan fingerprint density at radius 2 is 1.96 bits per heavy atom. The maximum absolute atomic E-state index is 10.2. The summed E-state index contributed by atoms with van der Waals surface area (Å²) in [5.41, 5.74) is 5.31. The van der Waals surface area contributed by atoms with Crippen LogP contribution in [0.25, 0.3) is 22.6 Å². The molecule has 4 nitrogen and oxygen atoms in total. The van der Waals surface area contributed by atoms with Crippen LogP contribution >= 0.6 is 34.2 Å². The molecule has 0 bridgehead atoms. The van der Waals surface area contributed by atoms with Crippen LogP contribution in [0.4, 0.5) is 5.69 Å². The molecule has 0 aliphatic carbocycles. The van der Waals surface area contributed by atoms with E-state index in [1.165, 1.54) is 0 Å². The second-order valence-electron chi connectivity index (χ2n) is 6.50. The Bertz CT molecular complexity index is 1230. The van der Waals surface area contributed by atoms with Gasteiger partial charge in [-0.15, -0.1) is 0 Å². The summed E-state index contributed by atoms with van der Waals surface area (Å²) in [5, 5.41) is 10.9. The van der Waals surface area contributed by atoms with Crippen molar-refractivity contribution in [1.82, 2.24) is 4.98 Å². The zero-order valence-electron chi connectivity index (χ0n) is 15.2. The minimum Gasteiger partial charge on any atom is -0.507 e. The third-order valence-electron chi connectivity index (χ3n) is 4.49. The highest BCUT2D eigenvalue weighted by Gasteiger charge is 2.11. The van der Waals surface area contributed by atoms with E-state index in [4.69, 9.17) is 16.0 Å². The van der Waals surface area contributed by atoms with Gasteiger partial charge < -0.3 is 9.52 Å². The van der Waals surface area contributed by atoms with E-state index < -0.39 is 0 Å². The Hall–Kier alpha value is -2.38. The van der Waals surface area contributed by atoms with Crippen LogP contribution in [-0.4, -0.2) is 16.3 Å². The Labute approximate surface area is 181 Å². The lowest BCUT2D eigenvalue weighted by Crippen LogP contribution is -1.92. The zero-order chi connectivity index (χ0) is 19.8. The SMILES string of the molecule is Cc1cc(O)c(C=Nc2ccc3oc(-c4cccc(I)c4)nc3c2)c(C)c1Cl. The number of aromatic hydroxyl groups is 1. The predicted octanol–water partition coefficient (Wildman–Crippen LogP) is 6.83. The minimum absolute atomic E-state index is 0.159. The van der Waals surface area contributed by atoms with Crippen molar-refractivity contribution in [2.24, 2.45) is 4.99 Å². The molecule has 1 N–H and O–H groups in total. The van der Waals surface area contributed by atoms with Gasteiger partial charge in [-0.3, -0.25) is 4.99 Å². The molecule has 0 amide bonds. The lowest BCUT2D eigenvalue weighted by molar-refractivity contribution is 0.473. The summed E-state index contributed by atoms with van der Waals surface area (Å²) in [7, 11) is 0. The van der Waals surface area contributed by atoms with Crippen LogP contribution in [0.1, 0.15) is 16.7 Å². The van der Waals surface area contributed by atoms with Crippen molar-refractivity contribution >= 4 is 57.2 Å². The van der Waals surface area contributed by atoms with E-state index in [0.29, 0.717) is 27.7 Å². The Morgan fingerprint density at radius 3 is 2.75 bits per heavy atom. The molecule has 0 aliphatic heterocycles. The lowest BCUT2D eigenvalue weighted by atomic mass is 10.0. The van der Waals surface area contributed by atoms with E-state index in [2.05, 4.69) is 32.6 Å². The number of oxazole rings is 1. The van der Waals surface area contributed by atoms with Gasteiger partial charge >= 0.3 is 0 Å². The fourth-order valence-corrected chi connectivity index (χ4v) is 3.69. The van der Waals surface area contributed by atoms with Gasteiger partial charge in [0.2, 0.25) is 5.89 Å². The topological polar surface area (TPSA) is 58.6 Å². The maximum atomic E-state index is 10.2. The van der Waals surface area contributed by atoms with E-state index in [-0.39, 0.29) is 5.75 Å². The zero-order valence-corrected chi connectivity index (χ0v) is 18.1. The number of phenolic OH excluding ortho intramolecular Hbond substituents is 1. The van der Waals surface area contributed by atoms with Crippen LogP contribution in [-0.2, 0) is 0 Å². The fourth-order valence-electron chi connectivity index (χ4n) is 3.00. The van der Waals surface area contributed by atoms with Crippen molar-refractivity contribution < 1.29 is 9.52 Å². The molecule has 4 aromatic rings. The van der Waals surface area contributed by atoms with Gasteiger partial charge in [-0.2, -0.15) is 0 Å². The highest BCUT2D eigenvalue weighted by molar-refractivity contribution is 14.1. The third-order valence-corrected chi connectivity index (χ3v) is 5.75. The molecule has 1 aromatic heterocycles. The molecule has 0 unspecified atom stereocenters. The second kappa shape index (κ2) is 7.56. The average Bonchev–Trinajstić information content (AvgIpc) is 3.09. The number of fused-ring (bicyclic) bond motifs is 1.